The summed E-state index contributed by atoms with van der Waals surface area (Å²) >= 11 is 0. The maximum absolute atomic E-state index is 13.2. The van der Waals surface area contributed by atoms with Crippen LogP contribution >= 0.6 is 0 Å². The molecule has 1 N–H and O–H groups in total. The molecule has 6 nitrogen and oxygen atoms in total. The Morgan fingerprint density at radius 3 is 2.35 bits per heavy atom. The minimum Gasteiger partial charge on any atom is -0.497 e. The number of benzene rings is 3. The van der Waals surface area contributed by atoms with Crippen molar-refractivity contribution in [2.24, 2.45) is 0 Å². The van der Waals surface area contributed by atoms with Crippen LogP contribution in [0.15, 0.2) is 72.8 Å². The van der Waals surface area contributed by atoms with Gasteiger partial charge >= 0.3 is 5.97 Å². The van der Waals surface area contributed by atoms with E-state index >= 15 is 0 Å². The molecule has 1 aromatic heterocycles. The van der Waals surface area contributed by atoms with E-state index in [0.29, 0.717) is 22.8 Å². The first-order chi connectivity index (χ1) is 15.1. The first kappa shape index (κ1) is 20.2. The maximum Gasteiger partial charge on any atom is 0.342 e. The number of ketones is 1. The zero-order chi connectivity index (χ0) is 21.8. The van der Waals surface area contributed by atoms with Crippen LogP contribution in [0, 0.1) is 0 Å². The lowest BCUT2D eigenvalue weighted by molar-refractivity contribution is 0.0472. The number of rotatable bonds is 7. The van der Waals surface area contributed by atoms with Gasteiger partial charge < -0.3 is 19.2 Å². The number of hydrogen-bond acceptors (Lipinski definition) is 5. The molecule has 0 bridgehead atoms. The van der Waals surface area contributed by atoms with Gasteiger partial charge in [0.05, 0.1) is 25.5 Å². The Bertz CT molecular complexity index is 1240. The van der Waals surface area contributed by atoms with Crippen molar-refractivity contribution in [3.8, 4) is 22.8 Å². The molecule has 0 aliphatic rings. The highest BCUT2D eigenvalue weighted by Crippen LogP contribution is 2.31. The number of aromatic amines is 1. The molecule has 0 radical (unpaired) electrons. The predicted octanol–water partition coefficient (Wildman–Crippen LogP) is 4.89. The van der Waals surface area contributed by atoms with Crippen molar-refractivity contribution in [3.05, 3.63) is 83.9 Å². The monoisotopic (exact) mass is 415 g/mol. The molecule has 0 saturated heterocycles. The molecule has 0 atom stereocenters. The Hall–Kier alpha value is -4.06. The fourth-order valence-electron chi connectivity index (χ4n) is 3.50. The molecule has 31 heavy (non-hydrogen) atoms. The summed E-state index contributed by atoms with van der Waals surface area (Å²) in [5, 5.41) is 0.782. The Labute approximate surface area is 179 Å². The van der Waals surface area contributed by atoms with Gasteiger partial charge in [0, 0.05) is 17.0 Å². The second kappa shape index (κ2) is 8.75. The molecule has 0 aliphatic carbocycles. The number of methoxy groups -OCH3 is 2. The third-order valence-corrected chi connectivity index (χ3v) is 5.01. The SMILES string of the molecule is COc1ccc(C(=O)OCC(=O)c2c(-c3ccccc3)[nH]c3ccccc23)c(OC)c1. The second-order valence-corrected chi connectivity index (χ2v) is 6.85. The number of para-hydroxylation sites is 1. The van der Waals surface area contributed by atoms with Gasteiger partial charge in [-0.2, -0.15) is 0 Å². The molecule has 6 heteroatoms. The fraction of sp³-hybridized carbons (Fsp3) is 0.120. The van der Waals surface area contributed by atoms with E-state index in [1.807, 2.05) is 54.6 Å². The maximum atomic E-state index is 13.2. The molecule has 0 saturated carbocycles. The van der Waals surface area contributed by atoms with E-state index in [0.717, 1.165) is 16.5 Å². The number of hydrogen-bond donors (Lipinski definition) is 1. The first-order valence-corrected chi connectivity index (χ1v) is 9.71. The largest absolute Gasteiger partial charge is 0.497 e. The average molecular weight is 415 g/mol. The van der Waals surface area contributed by atoms with Crippen LogP contribution < -0.4 is 9.47 Å². The van der Waals surface area contributed by atoms with Gasteiger partial charge in [0.25, 0.3) is 0 Å². The van der Waals surface area contributed by atoms with Gasteiger partial charge in [0.1, 0.15) is 17.1 Å². The molecule has 0 aliphatic heterocycles. The highest BCUT2D eigenvalue weighted by Gasteiger charge is 2.22. The van der Waals surface area contributed by atoms with Crippen molar-refractivity contribution in [1.82, 2.24) is 4.98 Å². The topological polar surface area (TPSA) is 77.6 Å². The molecule has 1 heterocycles. The molecule has 0 fully saturated rings. The summed E-state index contributed by atoms with van der Waals surface area (Å²) in [6, 6.07) is 21.9. The highest BCUT2D eigenvalue weighted by atomic mass is 16.5. The van der Waals surface area contributed by atoms with Crippen molar-refractivity contribution < 1.29 is 23.8 Å². The Morgan fingerprint density at radius 1 is 0.871 bits per heavy atom. The van der Waals surface area contributed by atoms with Crippen LogP contribution in [0.4, 0.5) is 0 Å². The summed E-state index contributed by atoms with van der Waals surface area (Å²) < 4.78 is 15.7. The number of esters is 1. The zero-order valence-electron chi connectivity index (χ0n) is 17.2. The quantitative estimate of drug-likeness (QED) is 0.343. The normalized spacial score (nSPS) is 10.6. The second-order valence-electron chi connectivity index (χ2n) is 6.85. The highest BCUT2D eigenvalue weighted by molar-refractivity contribution is 6.14. The molecule has 0 unspecified atom stereocenters. The smallest absolute Gasteiger partial charge is 0.342 e. The van der Waals surface area contributed by atoms with E-state index in [1.165, 1.54) is 14.2 Å². The molecule has 4 aromatic rings. The predicted molar refractivity (Wildman–Crippen MR) is 118 cm³/mol. The van der Waals surface area contributed by atoms with E-state index < -0.39 is 12.6 Å². The van der Waals surface area contributed by atoms with Gasteiger partial charge in [-0.25, -0.2) is 4.79 Å². The number of carbonyl (C=O) groups excluding carboxylic acids is 2. The van der Waals surface area contributed by atoms with Crippen LogP contribution in [0.2, 0.25) is 0 Å². The van der Waals surface area contributed by atoms with E-state index in [4.69, 9.17) is 14.2 Å². The van der Waals surface area contributed by atoms with Crippen LogP contribution in [0.5, 0.6) is 11.5 Å². The van der Waals surface area contributed by atoms with Crippen LogP contribution in [-0.2, 0) is 4.74 Å². The standard InChI is InChI=1S/C25H21NO5/c1-29-17-12-13-19(22(14-17)30-2)25(28)31-15-21(27)23-18-10-6-7-11-20(18)26-24(23)16-8-4-3-5-9-16/h3-14,26H,15H2,1-2H3. The summed E-state index contributed by atoms with van der Waals surface area (Å²) in [6.07, 6.45) is 0. The van der Waals surface area contributed by atoms with E-state index in [9.17, 15) is 9.59 Å². The van der Waals surface area contributed by atoms with Crippen molar-refractivity contribution in [1.29, 1.82) is 0 Å². The minimum absolute atomic E-state index is 0.221. The Kier molecular flexibility index (Phi) is 5.71. The van der Waals surface area contributed by atoms with E-state index in [-0.39, 0.29) is 11.3 Å². The Balaban J connectivity index is 1.62. The Morgan fingerprint density at radius 2 is 1.61 bits per heavy atom. The van der Waals surface area contributed by atoms with Crippen LogP contribution in [-0.4, -0.2) is 37.6 Å². The van der Waals surface area contributed by atoms with Crippen LogP contribution in [0.3, 0.4) is 0 Å². The summed E-state index contributed by atoms with van der Waals surface area (Å²) in [5.74, 6) is -0.0734. The van der Waals surface area contributed by atoms with Gasteiger partial charge in [-0.05, 0) is 23.8 Å². The molecule has 4 rings (SSSR count). The molecule has 3 aromatic carbocycles. The number of carbonyl (C=O) groups is 2. The van der Waals surface area contributed by atoms with Gasteiger partial charge in [0.2, 0.25) is 5.78 Å². The number of Topliss-reactive ketones (excluding diaryl/α,β-unsaturated/α-hetero) is 1. The van der Waals surface area contributed by atoms with Crippen LogP contribution in [0.25, 0.3) is 22.2 Å². The van der Waals surface area contributed by atoms with Gasteiger partial charge in [-0.3, -0.25) is 4.79 Å². The number of ether oxygens (including phenoxy) is 3. The molecular weight excluding hydrogens is 394 g/mol. The number of nitrogens with one attached hydrogen (secondary N) is 1. The third kappa shape index (κ3) is 4.00. The van der Waals surface area contributed by atoms with Gasteiger partial charge in [0.15, 0.2) is 6.61 Å². The molecule has 0 spiro atoms. The number of aromatic nitrogens is 1. The van der Waals surface area contributed by atoms with Crippen molar-refractivity contribution >= 4 is 22.7 Å². The van der Waals surface area contributed by atoms with E-state index in [1.54, 1.807) is 18.2 Å². The lowest BCUT2D eigenvalue weighted by atomic mass is 10.0. The summed E-state index contributed by atoms with van der Waals surface area (Å²) in [5.41, 5.74) is 3.14. The van der Waals surface area contributed by atoms with Crippen molar-refractivity contribution in [2.75, 3.05) is 20.8 Å². The minimum atomic E-state index is -0.644. The fourth-order valence-corrected chi connectivity index (χ4v) is 3.50. The molecule has 156 valence electrons. The number of fused-ring (bicyclic) bond motifs is 1. The third-order valence-electron chi connectivity index (χ3n) is 5.01. The molecular formula is C25H21NO5. The summed E-state index contributed by atoms with van der Waals surface area (Å²) in [6.45, 7) is -0.393. The first-order valence-electron chi connectivity index (χ1n) is 9.71. The zero-order valence-corrected chi connectivity index (χ0v) is 17.2. The summed E-state index contributed by atoms with van der Waals surface area (Å²) in [7, 11) is 2.98. The van der Waals surface area contributed by atoms with Gasteiger partial charge in [-0.15, -0.1) is 0 Å². The van der Waals surface area contributed by atoms with Gasteiger partial charge in [-0.1, -0.05) is 48.5 Å². The lowest BCUT2D eigenvalue weighted by Crippen LogP contribution is -2.15. The number of H-pyrrole nitrogens is 1. The van der Waals surface area contributed by atoms with Crippen molar-refractivity contribution in [2.45, 2.75) is 0 Å². The average Bonchev–Trinajstić information content (AvgIpc) is 3.22. The summed E-state index contributed by atoms with van der Waals surface area (Å²) in [4.78, 5) is 29.1. The van der Waals surface area contributed by atoms with Crippen molar-refractivity contribution in [3.63, 3.8) is 0 Å². The molecule has 0 amide bonds. The van der Waals surface area contributed by atoms with Crippen LogP contribution in [0.1, 0.15) is 20.7 Å². The van der Waals surface area contributed by atoms with E-state index in [2.05, 4.69) is 4.98 Å². The lowest BCUT2D eigenvalue weighted by Gasteiger charge is -2.10.